The van der Waals surface area contributed by atoms with Gasteiger partial charge in [-0.1, -0.05) is 257 Å². The van der Waals surface area contributed by atoms with Crippen LogP contribution in [0.15, 0.2) is 29.0 Å². The zero-order valence-electron chi connectivity index (χ0n) is 59.4. The molecule has 0 N–H and O–H groups in total. The molecule has 0 saturated heterocycles. The quantitative estimate of drug-likeness (QED) is 0.141. The van der Waals surface area contributed by atoms with Gasteiger partial charge in [0.15, 0.2) is 11.6 Å². The molecule has 0 saturated carbocycles. The third-order valence-electron chi connectivity index (χ3n) is 15.2. The van der Waals surface area contributed by atoms with Crippen LogP contribution < -0.4 is 4.74 Å². The molecule has 0 amide bonds. The fourth-order valence-electron chi connectivity index (χ4n) is 10.3. The monoisotopic (exact) mass is 1270 g/mol. The first-order valence-corrected chi connectivity index (χ1v) is 31.8. The van der Waals surface area contributed by atoms with E-state index in [4.69, 9.17) is 44.1 Å². The van der Waals surface area contributed by atoms with Gasteiger partial charge in [0, 0.05) is 78.2 Å². The molecule has 8 heterocycles. The lowest BCUT2D eigenvalue weighted by molar-refractivity contribution is 0.342. The van der Waals surface area contributed by atoms with E-state index in [0.717, 1.165) is 107 Å². The molecule has 0 radical (unpaired) electrons. The van der Waals surface area contributed by atoms with Gasteiger partial charge in [0.1, 0.15) is 23.3 Å². The molecule has 0 spiro atoms. The van der Waals surface area contributed by atoms with Crippen molar-refractivity contribution in [3.05, 3.63) is 110 Å². The number of hydrogen-bond donors (Lipinski definition) is 0. The Bertz CT molecular complexity index is 3290. The summed E-state index contributed by atoms with van der Waals surface area (Å²) >= 11 is 0. The number of nitrogens with zero attached hydrogens (tertiary/aromatic N) is 12. The van der Waals surface area contributed by atoms with Crippen molar-refractivity contribution >= 4 is 16.6 Å². The maximum absolute atomic E-state index is 5.70. The second kappa shape index (κ2) is 30.7. The van der Waals surface area contributed by atoms with Crippen LogP contribution in [0.5, 0.6) is 5.75 Å². The summed E-state index contributed by atoms with van der Waals surface area (Å²) in [5.74, 6) is 5.55. The molecule has 7 aromatic heterocycles. The second-order valence-electron chi connectivity index (χ2n) is 34.5. The molecule has 0 aromatic carbocycles. The zero-order valence-corrected chi connectivity index (χ0v) is 59.4. The normalized spacial score (nSPS) is 14.0. The predicted octanol–water partition coefficient (Wildman–Crippen LogP) is 20.9. The molecule has 10 rings (SSSR count). The highest BCUT2D eigenvalue weighted by molar-refractivity contribution is 5.76. The van der Waals surface area contributed by atoms with E-state index < -0.39 is 0 Å². The summed E-state index contributed by atoms with van der Waals surface area (Å²) in [5.41, 5.74) is 14.1. The topological polar surface area (TPSA) is 169 Å². The Morgan fingerprint density at radius 2 is 0.707 bits per heavy atom. The summed E-state index contributed by atoms with van der Waals surface area (Å²) in [6.45, 7) is 66.1. The molecule has 0 atom stereocenters. The molecule has 14 heteroatoms. The summed E-state index contributed by atoms with van der Waals surface area (Å²) in [4.78, 5) is 42.8. The van der Waals surface area contributed by atoms with Crippen LogP contribution in [0.3, 0.4) is 0 Å². The highest BCUT2D eigenvalue weighted by Gasteiger charge is 2.34. The van der Waals surface area contributed by atoms with Gasteiger partial charge >= 0.3 is 0 Å². The summed E-state index contributed by atoms with van der Waals surface area (Å²) in [6.07, 6.45) is 13.0. The lowest BCUT2D eigenvalue weighted by Crippen LogP contribution is -2.26. The van der Waals surface area contributed by atoms with E-state index in [2.05, 4.69) is 234 Å². The maximum atomic E-state index is 5.70. The largest absolute Gasteiger partial charge is 0.489 e. The fraction of sp³-hybridized carbons (Fsp3) is 0.705. The Morgan fingerprint density at radius 1 is 0.348 bits per heavy atom. The summed E-state index contributed by atoms with van der Waals surface area (Å²) < 4.78 is 12.8. The number of rotatable bonds is 0. The average molecular weight is 1270 g/mol. The number of fused-ring (bicyclic) bond motifs is 5. The van der Waals surface area contributed by atoms with Crippen molar-refractivity contribution in [1.82, 2.24) is 59.6 Å². The van der Waals surface area contributed by atoms with Gasteiger partial charge in [-0.25, -0.2) is 44.4 Å². The van der Waals surface area contributed by atoms with E-state index in [1.807, 2.05) is 16.8 Å². The molecule has 2 aliphatic carbocycles. The summed E-state index contributed by atoms with van der Waals surface area (Å²) in [5, 5.41) is 9.32. The minimum Gasteiger partial charge on any atom is -0.489 e. The maximum Gasteiger partial charge on any atom is 0.261 e. The molecule has 0 unspecified atom stereocenters. The highest BCUT2D eigenvalue weighted by atomic mass is 16.5. The minimum atomic E-state index is -0.0963. The van der Waals surface area contributed by atoms with Crippen LogP contribution >= 0.6 is 0 Å². The van der Waals surface area contributed by atoms with Gasteiger partial charge in [0.05, 0.1) is 57.9 Å². The Balaban J connectivity index is 0.00000111. The van der Waals surface area contributed by atoms with Crippen molar-refractivity contribution in [2.45, 2.75) is 358 Å². The van der Waals surface area contributed by atoms with Gasteiger partial charge < -0.3 is 9.26 Å². The highest BCUT2D eigenvalue weighted by Crippen LogP contribution is 2.39. The molecule has 3 aliphatic rings. The van der Waals surface area contributed by atoms with E-state index in [1.54, 1.807) is 6.20 Å². The lowest BCUT2D eigenvalue weighted by atomic mass is 9.82. The van der Waals surface area contributed by atoms with Crippen molar-refractivity contribution in [1.29, 1.82) is 0 Å². The first kappa shape index (κ1) is 86.2. The van der Waals surface area contributed by atoms with E-state index in [0.29, 0.717) is 5.71 Å². The second-order valence-corrected chi connectivity index (χ2v) is 34.5. The Morgan fingerprint density at radius 3 is 1.13 bits per heavy atom. The van der Waals surface area contributed by atoms with Crippen LogP contribution in [0.2, 0.25) is 0 Å². The third kappa shape index (κ3) is 21.4. The van der Waals surface area contributed by atoms with E-state index in [9.17, 15) is 0 Å². The molecule has 7 aromatic rings. The molecule has 520 valence electrons. The first-order chi connectivity index (χ1) is 39.0. The predicted molar refractivity (Wildman–Crippen MR) is 394 cm³/mol. The first-order valence-electron chi connectivity index (χ1n) is 31.8. The SMILES string of the molecule is C.C.C.C.C.C.CC(C)(C)c1nc(C(C)(C)C)c2cccn2n1.CC(C)(C)c1nc(C(C)(C)C)c2cnoc2n1.CC(C)(C)c1nc2c(c(C(C)(C)C)n1)CCC2.CC(C)(C)c1nc2c(c(C(C)(C)C)n1)CCCC2.CC(C)(C)c1nc2c(c(C(C)(C)C)n1)OCC2. The van der Waals surface area contributed by atoms with Gasteiger partial charge in [-0.2, -0.15) is 10.1 Å². The van der Waals surface area contributed by atoms with Crippen LogP contribution in [-0.4, -0.2) is 66.2 Å². The van der Waals surface area contributed by atoms with E-state index >= 15 is 0 Å². The van der Waals surface area contributed by atoms with Gasteiger partial charge in [0.2, 0.25) is 0 Å². The fourth-order valence-corrected chi connectivity index (χ4v) is 10.3. The molecular weight excluding hydrogens is 1140 g/mol. The molecule has 0 fully saturated rings. The van der Waals surface area contributed by atoms with Crippen LogP contribution in [0.1, 0.15) is 357 Å². The molecule has 14 nitrogen and oxygen atoms in total. The molecular formula is C78H136N12O2. The lowest BCUT2D eigenvalue weighted by Gasteiger charge is -2.29. The van der Waals surface area contributed by atoms with Crippen molar-refractivity contribution in [3.63, 3.8) is 0 Å². The summed E-state index contributed by atoms with van der Waals surface area (Å²) in [7, 11) is 0. The van der Waals surface area contributed by atoms with E-state index in [1.165, 1.54) is 53.2 Å². The standard InChI is InChI=1S/C16H26N2.C15H24N2.C14H21N3.C14H22N2O.C13H19N3O.6CH4/c1-15(2,3)13-11-9-7-8-10-12(11)17-14(18-13)16(4,5)6;1-14(2,3)12-10-8-7-9-11(10)16-13(17-12)15(4,5)6;1-13(2,3)11-10-8-7-9-17(10)16-12(15-11)14(4,5)6;1-13(2,3)11-10-9(7-8-17-10)15-12(16-11)14(4,5)6;1-12(2,3)9-8-7-14-17-10(8)16-11(15-9)13(4,5)6;;;;;;/h7-10H2,1-6H3;7-9H2,1-6H3;7-9H,1-6H3;7-8H2,1-6H3;7H,1-6H3;6*1H4. The van der Waals surface area contributed by atoms with Crippen LogP contribution in [-0.2, 0) is 86.3 Å². The van der Waals surface area contributed by atoms with Crippen LogP contribution in [0, 0.1) is 0 Å². The van der Waals surface area contributed by atoms with Crippen molar-refractivity contribution in [3.8, 4) is 5.75 Å². The Kier molecular flexibility index (Phi) is 28.8. The van der Waals surface area contributed by atoms with Crippen LogP contribution in [0.4, 0.5) is 0 Å². The average Bonchev–Trinajstić information content (AvgIpc) is 1.39. The van der Waals surface area contributed by atoms with Crippen molar-refractivity contribution in [2.24, 2.45) is 0 Å². The van der Waals surface area contributed by atoms with E-state index in [-0.39, 0.29) is 98.7 Å². The Hall–Kier alpha value is -5.79. The van der Waals surface area contributed by atoms with Crippen molar-refractivity contribution in [2.75, 3.05) is 6.61 Å². The number of aryl methyl sites for hydroxylation is 2. The number of ether oxygens (including phenoxy) is 1. The van der Waals surface area contributed by atoms with Gasteiger partial charge in [-0.05, 0) is 68.2 Å². The third-order valence-corrected chi connectivity index (χ3v) is 15.2. The Labute approximate surface area is 563 Å². The van der Waals surface area contributed by atoms with Crippen LogP contribution in [0.25, 0.3) is 16.6 Å². The van der Waals surface area contributed by atoms with Gasteiger partial charge in [-0.3, -0.25) is 0 Å². The van der Waals surface area contributed by atoms with Crippen molar-refractivity contribution < 1.29 is 9.26 Å². The van der Waals surface area contributed by atoms with Gasteiger partial charge in [0.25, 0.3) is 5.71 Å². The van der Waals surface area contributed by atoms with Gasteiger partial charge in [-0.15, -0.1) is 0 Å². The zero-order chi connectivity index (χ0) is 64.9. The number of aromatic nitrogens is 12. The molecule has 92 heavy (non-hydrogen) atoms. The smallest absolute Gasteiger partial charge is 0.261 e. The summed E-state index contributed by atoms with van der Waals surface area (Å²) in [6, 6.07) is 4.10. The minimum absolute atomic E-state index is 0. The molecule has 0 bridgehead atoms. The molecule has 1 aliphatic heterocycles. The number of hydrogen-bond acceptors (Lipinski definition) is 13.